The fraction of sp³-hybridized carbons (Fsp3) is 0.571. The Bertz CT molecular complexity index is 637. The Kier molecular flexibility index (Phi) is 3.25. The molecule has 0 amide bonds. The van der Waals surface area contributed by atoms with Crippen LogP contribution in [0.3, 0.4) is 0 Å². The molecular formula is C14H19FN2O2S. The van der Waals surface area contributed by atoms with Crippen LogP contribution in [0.25, 0.3) is 0 Å². The second-order valence-electron chi connectivity index (χ2n) is 5.88. The molecule has 110 valence electrons. The summed E-state index contributed by atoms with van der Waals surface area (Å²) in [6, 6.07) is 2.62. The minimum atomic E-state index is -3.66. The van der Waals surface area contributed by atoms with Crippen molar-refractivity contribution in [3.63, 3.8) is 0 Å². The van der Waals surface area contributed by atoms with E-state index in [1.807, 2.05) is 0 Å². The van der Waals surface area contributed by atoms with Crippen molar-refractivity contribution in [3.05, 3.63) is 23.5 Å². The summed E-state index contributed by atoms with van der Waals surface area (Å²) in [7, 11) is -3.66. The molecule has 6 heteroatoms. The third-order valence-corrected chi connectivity index (χ3v) is 6.04. The average Bonchev–Trinajstić information content (AvgIpc) is 3.24. The van der Waals surface area contributed by atoms with Gasteiger partial charge in [0.1, 0.15) is 5.82 Å². The number of anilines is 1. The maximum atomic E-state index is 13.8. The van der Waals surface area contributed by atoms with Crippen LogP contribution in [0, 0.1) is 18.7 Å². The zero-order chi connectivity index (χ0) is 14.5. The van der Waals surface area contributed by atoms with Gasteiger partial charge < -0.3 is 5.73 Å². The summed E-state index contributed by atoms with van der Waals surface area (Å²) in [5, 5.41) is 0. The fourth-order valence-corrected chi connectivity index (χ4v) is 4.46. The number of hydrogen-bond acceptors (Lipinski definition) is 3. The van der Waals surface area contributed by atoms with E-state index in [0.29, 0.717) is 12.5 Å². The molecule has 0 aromatic heterocycles. The first-order chi connectivity index (χ1) is 9.39. The van der Waals surface area contributed by atoms with Gasteiger partial charge in [-0.25, -0.2) is 12.8 Å². The SMILES string of the molecule is Cc1c(F)cc(N)cc1S(=O)(=O)N(CC1CC1)C1CC1. The highest BCUT2D eigenvalue weighted by molar-refractivity contribution is 7.89. The molecule has 2 fully saturated rings. The molecule has 0 heterocycles. The van der Waals surface area contributed by atoms with E-state index in [1.54, 1.807) is 4.31 Å². The first-order valence-corrected chi connectivity index (χ1v) is 8.41. The summed E-state index contributed by atoms with van der Waals surface area (Å²) < 4.78 is 40.9. The van der Waals surface area contributed by atoms with Crippen molar-refractivity contribution in [2.75, 3.05) is 12.3 Å². The summed E-state index contributed by atoms with van der Waals surface area (Å²) >= 11 is 0. The number of rotatable bonds is 5. The molecule has 1 aromatic rings. The van der Waals surface area contributed by atoms with Gasteiger partial charge in [0.25, 0.3) is 0 Å². The minimum absolute atomic E-state index is 0.0163. The molecule has 0 unspecified atom stereocenters. The molecule has 0 bridgehead atoms. The van der Waals surface area contributed by atoms with Crippen molar-refractivity contribution in [2.45, 2.75) is 43.5 Å². The molecule has 0 saturated heterocycles. The van der Waals surface area contributed by atoms with E-state index < -0.39 is 15.8 Å². The number of nitrogen functional groups attached to an aromatic ring is 1. The van der Waals surface area contributed by atoms with Crippen LogP contribution in [-0.2, 0) is 10.0 Å². The van der Waals surface area contributed by atoms with Gasteiger partial charge in [0.2, 0.25) is 10.0 Å². The van der Waals surface area contributed by atoms with Gasteiger partial charge in [0.15, 0.2) is 0 Å². The van der Waals surface area contributed by atoms with Crippen molar-refractivity contribution >= 4 is 15.7 Å². The van der Waals surface area contributed by atoms with Gasteiger partial charge >= 0.3 is 0 Å². The van der Waals surface area contributed by atoms with Crippen LogP contribution in [-0.4, -0.2) is 25.3 Å². The van der Waals surface area contributed by atoms with Crippen molar-refractivity contribution in [2.24, 2.45) is 5.92 Å². The Morgan fingerprint density at radius 3 is 2.50 bits per heavy atom. The monoisotopic (exact) mass is 298 g/mol. The first-order valence-electron chi connectivity index (χ1n) is 6.97. The van der Waals surface area contributed by atoms with Crippen molar-refractivity contribution < 1.29 is 12.8 Å². The van der Waals surface area contributed by atoms with Crippen molar-refractivity contribution in [1.82, 2.24) is 4.31 Å². The Morgan fingerprint density at radius 2 is 1.95 bits per heavy atom. The van der Waals surface area contributed by atoms with Crippen LogP contribution in [0.1, 0.15) is 31.2 Å². The third-order valence-electron chi connectivity index (χ3n) is 3.99. The van der Waals surface area contributed by atoms with Gasteiger partial charge in [0, 0.05) is 23.8 Å². The zero-order valence-corrected chi connectivity index (χ0v) is 12.3. The average molecular weight is 298 g/mol. The lowest BCUT2D eigenvalue weighted by molar-refractivity contribution is 0.388. The number of benzene rings is 1. The number of nitrogens with zero attached hydrogens (tertiary/aromatic N) is 1. The molecule has 3 rings (SSSR count). The second-order valence-corrected chi connectivity index (χ2v) is 7.73. The van der Waals surface area contributed by atoms with Gasteiger partial charge in [-0.3, -0.25) is 0 Å². The van der Waals surface area contributed by atoms with E-state index in [2.05, 4.69) is 0 Å². The normalized spacial score (nSPS) is 19.6. The summed E-state index contributed by atoms with van der Waals surface area (Å²) in [5.74, 6) is -0.0951. The Balaban J connectivity index is 2.01. The molecule has 2 saturated carbocycles. The number of nitrogens with two attached hydrogens (primary N) is 1. The molecule has 2 aliphatic carbocycles. The Labute approximate surface area is 118 Å². The molecule has 0 atom stereocenters. The fourth-order valence-electron chi connectivity index (χ4n) is 2.43. The topological polar surface area (TPSA) is 63.4 Å². The van der Waals surface area contributed by atoms with E-state index in [-0.39, 0.29) is 22.2 Å². The van der Waals surface area contributed by atoms with Crippen molar-refractivity contribution in [1.29, 1.82) is 0 Å². The van der Waals surface area contributed by atoms with Gasteiger partial charge in [0.05, 0.1) is 4.90 Å². The molecule has 4 nitrogen and oxygen atoms in total. The highest BCUT2D eigenvalue weighted by atomic mass is 32.2. The van der Waals surface area contributed by atoms with Gasteiger partial charge in [-0.1, -0.05) is 0 Å². The van der Waals surface area contributed by atoms with Crippen LogP contribution in [0.2, 0.25) is 0 Å². The predicted molar refractivity (Wildman–Crippen MR) is 75.2 cm³/mol. The summed E-state index contributed by atoms with van der Waals surface area (Å²) in [5.41, 5.74) is 5.91. The van der Waals surface area contributed by atoms with E-state index in [1.165, 1.54) is 13.0 Å². The first kappa shape index (κ1) is 13.8. The molecule has 1 aromatic carbocycles. The molecule has 2 N–H and O–H groups in total. The zero-order valence-electron chi connectivity index (χ0n) is 11.5. The molecule has 2 aliphatic rings. The highest BCUT2D eigenvalue weighted by Gasteiger charge is 2.41. The summed E-state index contributed by atoms with van der Waals surface area (Å²) in [6.07, 6.45) is 3.97. The predicted octanol–water partition coefficient (Wildman–Crippen LogP) is 2.28. The van der Waals surface area contributed by atoms with Gasteiger partial charge in [-0.15, -0.1) is 0 Å². The third kappa shape index (κ3) is 2.54. The summed E-state index contributed by atoms with van der Waals surface area (Å²) in [4.78, 5) is 0.0163. The Morgan fingerprint density at radius 1 is 1.30 bits per heavy atom. The lowest BCUT2D eigenvalue weighted by atomic mass is 10.2. The van der Waals surface area contributed by atoms with E-state index in [9.17, 15) is 12.8 Å². The quantitative estimate of drug-likeness (QED) is 0.848. The second kappa shape index (κ2) is 4.70. The number of sulfonamides is 1. The summed E-state index contributed by atoms with van der Waals surface area (Å²) in [6.45, 7) is 2.05. The van der Waals surface area contributed by atoms with Crippen LogP contribution >= 0.6 is 0 Å². The number of halogens is 1. The van der Waals surface area contributed by atoms with E-state index in [4.69, 9.17) is 5.73 Å². The maximum Gasteiger partial charge on any atom is 0.243 e. The Hall–Kier alpha value is -1.14. The van der Waals surface area contributed by atoms with Gasteiger partial charge in [-0.05, 0) is 50.7 Å². The van der Waals surface area contributed by atoms with Crippen LogP contribution in [0.5, 0.6) is 0 Å². The minimum Gasteiger partial charge on any atom is -0.399 e. The van der Waals surface area contributed by atoms with Gasteiger partial charge in [-0.2, -0.15) is 4.31 Å². The van der Waals surface area contributed by atoms with E-state index >= 15 is 0 Å². The van der Waals surface area contributed by atoms with Crippen LogP contribution in [0.4, 0.5) is 10.1 Å². The highest BCUT2D eigenvalue weighted by Crippen LogP contribution is 2.39. The lowest BCUT2D eigenvalue weighted by Crippen LogP contribution is -2.35. The largest absolute Gasteiger partial charge is 0.399 e. The maximum absolute atomic E-state index is 13.8. The molecule has 0 aliphatic heterocycles. The van der Waals surface area contributed by atoms with Crippen LogP contribution in [0.15, 0.2) is 17.0 Å². The number of hydrogen-bond donors (Lipinski definition) is 1. The molecular weight excluding hydrogens is 279 g/mol. The van der Waals surface area contributed by atoms with Crippen LogP contribution < -0.4 is 5.73 Å². The molecule has 0 radical (unpaired) electrons. The molecule has 20 heavy (non-hydrogen) atoms. The lowest BCUT2D eigenvalue weighted by Gasteiger charge is -2.23. The van der Waals surface area contributed by atoms with E-state index in [0.717, 1.165) is 31.7 Å². The molecule has 0 spiro atoms. The smallest absolute Gasteiger partial charge is 0.243 e. The standard InChI is InChI=1S/C14H19FN2O2S/c1-9-13(15)6-11(16)7-14(9)20(18,19)17(12-4-5-12)8-10-2-3-10/h6-7,10,12H,2-5,8,16H2,1H3. The van der Waals surface area contributed by atoms with Crippen molar-refractivity contribution in [3.8, 4) is 0 Å².